The Morgan fingerprint density at radius 1 is 1.03 bits per heavy atom. The molecule has 0 atom stereocenters. The van der Waals surface area contributed by atoms with Crippen molar-refractivity contribution in [3.63, 3.8) is 0 Å². The summed E-state index contributed by atoms with van der Waals surface area (Å²) in [5.74, 6) is 0.526. The number of hydrogen-bond acceptors (Lipinski definition) is 3. The van der Waals surface area contributed by atoms with Crippen LogP contribution in [0.5, 0.6) is 0 Å². The number of benzene rings is 2. The zero-order valence-electron chi connectivity index (χ0n) is 17.4. The first-order valence-corrected chi connectivity index (χ1v) is 10.7. The second kappa shape index (κ2) is 8.17. The van der Waals surface area contributed by atoms with Gasteiger partial charge in [0.05, 0.1) is 1.37 Å². The van der Waals surface area contributed by atoms with Crippen molar-refractivity contribution < 1.29 is 5.76 Å². The van der Waals surface area contributed by atoms with Crippen molar-refractivity contribution in [2.24, 2.45) is 0 Å². The van der Waals surface area contributed by atoms with Gasteiger partial charge in [0.2, 0.25) is 0 Å². The topological polar surface area (TPSA) is 19.4 Å². The zero-order valence-corrected chi connectivity index (χ0v) is 17.9. The molecule has 0 amide bonds. The van der Waals surface area contributed by atoms with Crippen LogP contribution in [0.1, 0.15) is 18.1 Å². The minimum atomic E-state index is -0.258. The van der Waals surface area contributed by atoms with Gasteiger partial charge in [-0.05, 0) is 58.7 Å². The van der Waals surface area contributed by atoms with Crippen molar-refractivity contribution in [3.8, 4) is 0 Å². The van der Waals surface area contributed by atoms with Crippen molar-refractivity contribution in [1.82, 2.24) is 9.88 Å². The number of anilines is 1. The Labute approximate surface area is 185 Å². The lowest BCUT2D eigenvalue weighted by Crippen LogP contribution is -2.33. The van der Waals surface area contributed by atoms with Crippen LogP contribution in [-0.2, 0) is 13.1 Å². The first-order valence-electron chi connectivity index (χ1n) is 10.4. The average Bonchev–Trinajstić information content (AvgIpc) is 2.78. The van der Waals surface area contributed by atoms with E-state index in [-0.39, 0.29) is 5.82 Å². The molecular formula is C25H21BrFN3. The predicted molar refractivity (Wildman–Crippen MR) is 122 cm³/mol. The lowest BCUT2D eigenvalue weighted by atomic mass is 9.92. The maximum absolute atomic E-state index is 13.4. The molecule has 3 nitrogen and oxygen atoms in total. The van der Waals surface area contributed by atoms with Crippen molar-refractivity contribution >= 4 is 27.3 Å². The Hall–Kier alpha value is -2.76. The van der Waals surface area contributed by atoms with Gasteiger partial charge in [0, 0.05) is 48.6 Å². The minimum absolute atomic E-state index is 0.258. The summed E-state index contributed by atoms with van der Waals surface area (Å²) >= 11 is 3.55. The summed E-state index contributed by atoms with van der Waals surface area (Å²) in [5, 5.41) is 0. The van der Waals surface area contributed by atoms with Crippen LogP contribution < -0.4 is 4.90 Å². The molecule has 2 aliphatic rings. The highest BCUT2D eigenvalue weighted by Gasteiger charge is 2.27. The van der Waals surface area contributed by atoms with Gasteiger partial charge in [-0.1, -0.05) is 46.3 Å². The highest BCUT2D eigenvalue weighted by Crippen LogP contribution is 2.38. The maximum Gasteiger partial charge on any atom is 0.140 e. The van der Waals surface area contributed by atoms with E-state index in [1.807, 2.05) is 23.1 Å². The van der Waals surface area contributed by atoms with Crippen molar-refractivity contribution in [3.05, 3.63) is 112 Å². The Bertz CT molecular complexity index is 1190. The van der Waals surface area contributed by atoms with Crippen LogP contribution in [0.25, 0.3) is 5.57 Å². The number of halogens is 2. The van der Waals surface area contributed by atoms with Gasteiger partial charge in [-0.2, -0.15) is 0 Å². The van der Waals surface area contributed by atoms with E-state index in [0.717, 1.165) is 45.7 Å². The molecule has 5 heteroatoms. The standard InChI is InChI=1S/C25H21BrFN3/c26-21-4-1-3-19(13-21)14-29-12-10-23-20(16-29)17-30(25-24(23)5-2-11-28-25)15-18-6-8-22(27)9-7-18/h1-11,13,17H,12,14-16H2/i17D. The van der Waals surface area contributed by atoms with Crippen LogP contribution in [0.15, 0.2) is 89.2 Å². The van der Waals surface area contributed by atoms with Gasteiger partial charge in [0.15, 0.2) is 0 Å². The normalized spacial score (nSPS) is 16.7. The lowest BCUT2D eigenvalue weighted by Gasteiger charge is -2.35. The Morgan fingerprint density at radius 3 is 2.73 bits per heavy atom. The number of nitrogens with zero attached hydrogens (tertiary/aromatic N) is 3. The highest BCUT2D eigenvalue weighted by molar-refractivity contribution is 9.10. The average molecular weight is 463 g/mol. The zero-order chi connectivity index (χ0) is 21.4. The van der Waals surface area contributed by atoms with Gasteiger partial charge < -0.3 is 4.90 Å². The van der Waals surface area contributed by atoms with Crippen molar-refractivity contribution in [2.45, 2.75) is 13.1 Å². The molecule has 0 aliphatic carbocycles. The molecule has 0 spiro atoms. The molecule has 2 aromatic carbocycles. The molecule has 0 bridgehead atoms. The van der Waals surface area contributed by atoms with E-state index in [2.05, 4.69) is 50.1 Å². The Kier molecular flexibility index (Phi) is 4.91. The second-order valence-electron chi connectivity index (χ2n) is 7.59. The van der Waals surface area contributed by atoms with E-state index < -0.39 is 0 Å². The third-order valence-corrected chi connectivity index (χ3v) is 5.91. The van der Waals surface area contributed by atoms with Gasteiger partial charge in [0.25, 0.3) is 0 Å². The third kappa shape index (κ3) is 3.95. The van der Waals surface area contributed by atoms with Crippen LogP contribution in [0.4, 0.5) is 10.2 Å². The summed E-state index contributed by atoms with van der Waals surface area (Å²) in [5.41, 5.74) is 5.34. The van der Waals surface area contributed by atoms with Crippen molar-refractivity contribution in [2.75, 3.05) is 18.0 Å². The highest BCUT2D eigenvalue weighted by atomic mass is 79.9. The van der Waals surface area contributed by atoms with E-state index in [9.17, 15) is 4.39 Å². The van der Waals surface area contributed by atoms with Gasteiger partial charge >= 0.3 is 0 Å². The van der Waals surface area contributed by atoms with Gasteiger partial charge in [0.1, 0.15) is 11.6 Å². The summed E-state index contributed by atoms with van der Waals surface area (Å²) < 4.78 is 23.4. The molecule has 0 saturated carbocycles. The van der Waals surface area contributed by atoms with Crippen LogP contribution in [0, 0.1) is 5.82 Å². The minimum Gasteiger partial charge on any atom is -0.328 e. The fraction of sp³-hybridized carbons (Fsp3) is 0.160. The molecule has 2 aliphatic heterocycles. The Morgan fingerprint density at radius 2 is 1.90 bits per heavy atom. The fourth-order valence-electron chi connectivity index (χ4n) is 4.02. The van der Waals surface area contributed by atoms with E-state index >= 15 is 0 Å². The van der Waals surface area contributed by atoms with Crippen molar-refractivity contribution in [1.29, 1.82) is 0 Å². The predicted octanol–water partition coefficient (Wildman–Crippen LogP) is 5.79. The van der Waals surface area contributed by atoms with Gasteiger partial charge in [-0.3, -0.25) is 4.90 Å². The van der Waals surface area contributed by atoms with E-state index in [1.54, 1.807) is 18.3 Å². The van der Waals surface area contributed by atoms with Crippen LogP contribution in [0.2, 0.25) is 0 Å². The SMILES string of the molecule is [2H]C1=C2CN(Cc3cccc(Br)c3)CC=C2c2cccnc2N1Cc1ccc(F)cc1. The Balaban J connectivity index is 1.49. The van der Waals surface area contributed by atoms with Crippen LogP contribution >= 0.6 is 15.9 Å². The third-order valence-electron chi connectivity index (χ3n) is 5.41. The van der Waals surface area contributed by atoms with E-state index in [1.165, 1.54) is 17.7 Å². The summed E-state index contributed by atoms with van der Waals surface area (Å²) in [7, 11) is 0. The van der Waals surface area contributed by atoms with Gasteiger partial charge in [-0.15, -0.1) is 0 Å². The number of aromatic nitrogens is 1. The molecule has 0 radical (unpaired) electrons. The summed E-state index contributed by atoms with van der Waals surface area (Å²) in [4.78, 5) is 8.86. The summed E-state index contributed by atoms with van der Waals surface area (Å²) in [6, 6.07) is 18.8. The van der Waals surface area contributed by atoms with Crippen LogP contribution in [0.3, 0.4) is 0 Å². The first kappa shape index (κ1) is 18.0. The molecule has 5 rings (SSSR count). The molecule has 0 saturated heterocycles. The quantitative estimate of drug-likeness (QED) is 0.489. The lowest BCUT2D eigenvalue weighted by molar-refractivity contribution is 0.317. The molecule has 3 heterocycles. The summed E-state index contributed by atoms with van der Waals surface area (Å²) in [6.07, 6.45) is 4.43. The molecule has 0 fully saturated rings. The molecule has 150 valence electrons. The first-order chi connectivity index (χ1) is 15.1. The van der Waals surface area contributed by atoms with Crippen LogP contribution in [-0.4, -0.2) is 23.0 Å². The summed E-state index contributed by atoms with van der Waals surface area (Å²) in [6.45, 7) is 2.82. The molecule has 1 aromatic heterocycles. The fourth-order valence-corrected chi connectivity index (χ4v) is 4.47. The number of hydrogen-bond donors (Lipinski definition) is 0. The molecule has 0 N–H and O–H groups in total. The maximum atomic E-state index is 13.4. The molecule has 3 aromatic rings. The number of pyridine rings is 1. The second-order valence-corrected chi connectivity index (χ2v) is 8.51. The monoisotopic (exact) mass is 462 g/mol. The van der Waals surface area contributed by atoms with E-state index in [4.69, 9.17) is 1.37 Å². The molecule has 30 heavy (non-hydrogen) atoms. The van der Waals surface area contributed by atoms with Gasteiger partial charge in [-0.25, -0.2) is 9.37 Å². The molecular weight excluding hydrogens is 441 g/mol. The van der Waals surface area contributed by atoms with E-state index in [0.29, 0.717) is 19.3 Å². The number of fused-ring (bicyclic) bond motifs is 3. The number of rotatable bonds is 4. The largest absolute Gasteiger partial charge is 0.328 e. The smallest absolute Gasteiger partial charge is 0.140 e. The molecule has 0 unspecified atom stereocenters.